The van der Waals surface area contributed by atoms with E-state index in [1.165, 1.54) is 0 Å². The molecule has 1 heterocycles. The van der Waals surface area contributed by atoms with Gasteiger partial charge in [-0.3, -0.25) is 10.00 Å². The van der Waals surface area contributed by atoms with Gasteiger partial charge < -0.3 is 0 Å². The smallest absolute Gasteiger partial charge is 0.0965 e. The highest BCUT2D eigenvalue weighted by atomic mass is 15.4. The average molecular weight is 178 g/mol. The predicted octanol–water partition coefficient (Wildman–Crippen LogP) is 0.317. The molecule has 0 amide bonds. The van der Waals surface area contributed by atoms with Crippen LogP contribution in [0.2, 0.25) is 0 Å². The molecule has 70 valence electrons. The summed E-state index contributed by atoms with van der Waals surface area (Å²) in [7, 11) is 1.84. The average Bonchev–Trinajstić information content (AvgIpc) is 2.48. The van der Waals surface area contributed by atoms with Crippen molar-refractivity contribution in [3.8, 4) is 12.3 Å². The highest BCUT2D eigenvalue weighted by Crippen LogP contribution is 2.00. The van der Waals surface area contributed by atoms with Gasteiger partial charge in [-0.2, -0.15) is 0 Å². The van der Waals surface area contributed by atoms with Crippen molar-refractivity contribution in [2.75, 3.05) is 0 Å². The Morgan fingerprint density at radius 2 is 2.38 bits per heavy atom. The quantitative estimate of drug-likeness (QED) is 0.678. The minimum Gasteiger partial charge on any atom is -0.296 e. The van der Waals surface area contributed by atoms with Crippen LogP contribution in [-0.2, 0) is 13.6 Å². The van der Waals surface area contributed by atoms with E-state index >= 15 is 0 Å². The monoisotopic (exact) mass is 178 g/mol. The fourth-order valence-corrected chi connectivity index (χ4v) is 0.839. The fourth-order valence-electron chi connectivity index (χ4n) is 0.839. The van der Waals surface area contributed by atoms with Crippen molar-refractivity contribution in [3.63, 3.8) is 0 Å². The van der Waals surface area contributed by atoms with E-state index in [0.29, 0.717) is 6.54 Å². The Kier molecular flexibility index (Phi) is 2.69. The van der Waals surface area contributed by atoms with Crippen molar-refractivity contribution in [1.29, 1.82) is 0 Å². The second-order valence-corrected chi connectivity index (χ2v) is 3.51. The Balaban J connectivity index is 2.49. The molecular weight excluding hydrogens is 164 g/mol. The second kappa shape index (κ2) is 3.58. The first kappa shape index (κ1) is 9.75. The molecule has 0 aliphatic heterocycles. The molecule has 0 fully saturated rings. The standard InChI is InChI=1S/C9H14N4/c1-5-9(2,3)10-6-8-7-13(4)12-11-8/h1,7,10H,6H2,2-4H3. The molecule has 13 heavy (non-hydrogen) atoms. The first-order valence-electron chi connectivity index (χ1n) is 4.11. The molecule has 0 saturated heterocycles. The second-order valence-electron chi connectivity index (χ2n) is 3.51. The number of hydrogen-bond donors (Lipinski definition) is 1. The largest absolute Gasteiger partial charge is 0.296 e. The lowest BCUT2D eigenvalue weighted by molar-refractivity contribution is 0.486. The Hall–Kier alpha value is -1.34. The van der Waals surface area contributed by atoms with Crippen LogP contribution < -0.4 is 5.32 Å². The zero-order chi connectivity index (χ0) is 9.90. The summed E-state index contributed by atoms with van der Waals surface area (Å²) in [5.41, 5.74) is 0.600. The molecule has 4 heteroatoms. The van der Waals surface area contributed by atoms with E-state index in [1.54, 1.807) is 4.68 Å². The van der Waals surface area contributed by atoms with Gasteiger partial charge >= 0.3 is 0 Å². The molecule has 0 unspecified atom stereocenters. The highest BCUT2D eigenvalue weighted by molar-refractivity contribution is 5.08. The summed E-state index contributed by atoms with van der Waals surface area (Å²) in [4.78, 5) is 0. The number of aryl methyl sites for hydroxylation is 1. The molecule has 0 radical (unpaired) electrons. The van der Waals surface area contributed by atoms with E-state index in [9.17, 15) is 0 Å². The van der Waals surface area contributed by atoms with Crippen molar-refractivity contribution >= 4 is 0 Å². The minimum atomic E-state index is -0.294. The number of aromatic nitrogens is 3. The van der Waals surface area contributed by atoms with Crippen LogP contribution in [0.1, 0.15) is 19.5 Å². The van der Waals surface area contributed by atoms with Crippen molar-refractivity contribution in [2.45, 2.75) is 25.9 Å². The topological polar surface area (TPSA) is 42.7 Å². The molecule has 0 bridgehead atoms. The summed E-state index contributed by atoms with van der Waals surface area (Å²) in [6.07, 6.45) is 7.18. The molecule has 0 aliphatic rings. The summed E-state index contributed by atoms with van der Waals surface area (Å²) in [6, 6.07) is 0. The van der Waals surface area contributed by atoms with Gasteiger partial charge in [0.1, 0.15) is 0 Å². The lowest BCUT2D eigenvalue weighted by Crippen LogP contribution is -2.37. The maximum atomic E-state index is 5.32. The molecule has 0 saturated carbocycles. The van der Waals surface area contributed by atoms with Crippen LogP contribution >= 0.6 is 0 Å². The Bertz CT molecular complexity index is 319. The van der Waals surface area contributed by atoms with Crippen molar-refractivity contribution in [1.82, 2.24) is 20.3 Å². The van der Waals surface area contributed by atoms with Gasteiger partial charge in [-0.05, 0) is 13.8 Å². The van der Waals surface area contributed by atoms with Crippen molar-refractivity contribution < 1.29 is 0 Å². The molecule has 0 spiro atoms. The lowest BCUT2D eigenvalue weighted by Gasteiger charge is -2.18. The molecule has 1 N–H and O–H groups in total. The Morgan fingerprint density at radius 3 is 2.85 bits per heavy atom. The number of nitrogens with one attached hydrogen (secondary N) is 1. The van der Waals surface area contributed by atoms with Gasteiger partial charge in [-0.15, -0.1) is 11.5 Å². The van der Waals surface area contributed by atoms with E-state index in [2.05, 4.69) is 21.5 Å². The van der Waals surface area contributed by atoms with Crippen LogP contribution in [0.15, 0.2) is 6.20 Å². The van der Waals surface area contributed by atoms with Gasteiger partial charge in [0.05, 0.1) is 11.2 Å². The van der Waals surface area contributed by atoms with Crippen molar-refractivity contribution in [2.24, 2.45) is 7.05 Å². The van der Waals surface area contributed by atoms with Crippen LogP contribution in [0, 0.1) is 12.3 Å². The van der Waals surface area contributed by atoms with E-state index in [0.717, 1.165) is 5.69 Å². The van der Waals surface area contributed by atoms with Gasteiger partial charge in [-0.1, -0.05) is 11.1 Å². The molecule has 4 nitrogen and oxygen atoms in total. The van der Waals surface area contributed by atoms with E-state index in [-0.39, 0.29) is 5.54 Å². The first-order chi connectivity index (χ1) is 6.03. The molecule has 1 aromatic heterocycles. The molecule has 0 aliphatic carbocycles. The SMILES string of the molecule is C#CC(C)(C)NCc1cn(C)nn1. The van der Waals surface area contributed by atoms with Gasteiger partial charge in [0.25, 0.3) is 0 Å². The van der Waals surface area contributed by atoms with Gasteiger partial charge in [0.2, 0.25) is 0 Å². The molecule has 1 rings (SSSR count). The molecule has 0 aromatic carbocycles. The summed E-state index contributed by atoms with van der Waals surface area (Å²) in [5, 5.41) is 10.9. The third-order valence-electron chi connectivity index (χ3n) is 1.72. The number of hydrogen-bond acceptors (Lipinski definition) is 3. The van der Waals surface area contributed by atoms with Crippen molar-refractivity contribution in [3.05, 3.63) is 11.9 Å². The third-order valence-corrected chi connectivity index (χ3v) is 1.72. The Labute approximate surface area is 78.3 Å². The third kappa shape index (κ3) is 2.88. The van der Waals surface area contributed by atoms with Gasteiger partial charge in [0.15, 0.2) is 0 Å². The molecule has 1 aromatic rings. The maximum Gasteiger partial charge on any atom is 0.0965 e. The first-order valence-corrected chi connectivity index (χ1v) is 4.11. The molecular formula is C9H14N4. The van der Waals surface area contributed by atoms with Crippen LogP contribution in [0.3, 0.4) is 0 Å². The van der Waals surface area contributed by atoms with Crippen LogP contribution in [-0.4, -0.2) is 20.5 Å². The number of terminal acetylenes is 1. The summed E-state index contributed by atoms with van der Waals surface area (Å²) in [5.74, 6) is 2.65. The number of nitrogens with zero attached hydrogens (tertiary/aromatic N) is 3. The zero-order valence-electron chi connectivity index (χ0n) is 8.20. The van der Waals surface area contributed by atoms with E-state index in [1.807, 2.05) is 27.1 Å². The van der Waals surface area contributed by atoms with Crippen LogP contribution in [0.4, 0.5) is 0 Å². The highest BCUT2D eigenvalue weighted by Gasteiger charge is 2.12. The predicted molar refractivity (Wildman–Crippen MR) is 50.8 cm³/mol. The fraction of sp³-hybridized carbons (Fsp3) is 0.556. The number of rotatable bonds is 3. The Morgan fingerprint density at radius 1 is 1.69 bits per heavy atom. The van der Waals surface area contributed by atoms with Gasteiger partial charge in [-0.25, -0.2) is 0 Å². The molecule has 0 atom stereocenters. The zero-order valence-corrected chi connectivity index (χ0v) is 8.20. The maximum absolute atomic E-state index is 5.32. The van der Waals surface area contributed by atoms with E-state index in [4.69, 9.17) is 6.42 Å². The van der Waals surface area contributed by atoms with Crippen LogP contribution in [0.5, 0.6) is 0 Å². The summed E-state index contributed by atoms with van der Waals surface area (Å²) in [6.45, 7) is 4.54. The van der Waals surface area contributed by atoms with Gasteiger partial charge in [0, 0.05) is 19.8 Å². The summed E-state index contributed by atoms with van der Waals surface area (Å²) >= 11 is 0. The summed E-state index contributed by atoms with van der Waals surface area (Å²) < 4.78 is 1.67. The van der Waals surface area contributed by atoms with Crippen LogP contribution in [0.25, 0.3) is 0 Å². The normalized spacial score (nSPS) is 11.2. The van der Waals surface area contributed by atoms with E-state index < -0.39 is 0 Å². The lowest BCUT2D eigenvalue weighted by atomic mass is 10.1. The minimum absolute atomic E-state index is 0.294.